The van der Waals surface area contributed by atoms with Crippen molar-refractivity contribution in [2.45, 2.75) is 108 Å². The summed E-state index contributed by atoms with van der Waals surface area (Å²) in [5.41, 5.74) is 16.1. The van der Waals surface area contributed by atoms with Crippen LogP contribution in [0.5, 0.6) is 0 Å². The minimum absolute atomic E-state index is 0.0163. The van der Waals surface area contributed by atoms with Crippen LogP contribution in [-0.2, 0) is 32.9 Å². The molecule has 29 heteroatoms. The maximum absolute atomic E-state index is 13.8. The van der Waals surface area contributed by atoms with Gasteiger partial charge in [-0.3, -0.25) is 19.2 Å². The van der Waals surface area contributed by atoms with Gasteiger partial charge in [0, 0.05) is 158 Å². The molecule has 0 aliphatic carbocycles. The van der Waals surface area contributed by atoms with Crippen LogP contribution < -0.4 is 50.3 Å². The van der Waals surface area contributed by atoms with Gasteiger partial charge in [-0.1, -0.05) is 96.0 Å². The van der Waals surface area contributed by atoms with E-state index in [0.717, 1.165) is 147 Å². The number of hydrogen-bond donors (Lipinski definition) is 4. The van der Waals surface area contributed by atoms with Crippen LogP contribution in [0.4, 0.5) is 39.9 Å². The van der Waals surface area contributed by atoms with E-state index in [9.17, 15) is 51.8 Å². The third kappa shape index (κ3) is 21.0. The van der Waals surface area contributed by atoms with Gasteiger partial charge in [-0.2, -0.15) is 15.8 Å². The summed E-state index contributed by atoms with van der Waals surface area (Å²) in [6.45, 7) is 21.1. The van der Waals surface area contributed by atoms with Crippen LogP contribution in [0, 0.1) is 73.5 Å². The van der Waals surface area contributed by atoms with E-state index in [4.69, 9.17) is 33.5 Å². The zero-order chi connectivity index (χ0) is 88.1. The fourth-order valence-electron chi connectivity index (χ4n) is 18.1. The average Bonchev–Trinajstić information content (AvgIpc) is 0.793. The number of halogens is 2. The van der Waals surface area contributed by atoms with Gasteiger partial charge in [-0.15, -0.1) is 0 Å². The standard InChI is InChI=1S/C34H40N6O2.C31H36N6O3S.C30H31Cl2N5O3S/c1-23-18-24(2)30(20-28(23)19-26-11-14-38(15-12-26)31-10-6-5-8-27(31)21-35)34(42)39-16-17-40(25(3)22-39)32-29(33(41)36-4)9-7-13-37-32;1-22-11-12-26(31(38)37-19-17-36(18-20-37)28-9-5-6-10-29(28)41(33,39)40)23(2)30(22)34-25-13-15-35(16-14-25)27-8-4-3-7-24(27)21-32;31-25-19-26(32)24(18-23(25)17-21-9-11-35(12-10-21)27-6-2-1-5-22(27)20-33)30(38)37-15-13-36(14-16-37)28-7-3-4-8-29(28)41(34,39)40/h5-10,13,18,20,25-26H,11-12,14-17,19,22H2,1-4H3,(H,36,41);3-12,25,34H,13-20H2,1-2H3,(H2,33,39,40);1-8,18-19,21H,9-17H2,(H2,34,39,40)/t25-;;/m1../s1. The second-order valence-corrected chi connectivity index (χ2v) is 36.7. The van der Waals surface area contributed by atoms with E-state index in [-0.39, 0.29) is 45.5 Å². The van der Waals surface area contributed by atoms with Crippen molar-refractivity contribution in [3.8, 4) is 18.2 Å². The first kappa shape index (κ1) is 90.0. The summed E-state index contributed by atoms with van der Waals surface area (Å²) >= 11 is 13.1. The number of nitrogens with two attached hydrogens (primary N) is 2. The predicted octanol–water partition coefficient (Wildman–Crippen LogP) is 13.5. The Balaban J connectivity index is 0.000000160. The maximum Gasteiger partial charge on any atom is 0.255 e. The van der Waals surface area contributed by atoms with Gasteiger partial charge in [0.1, 0.15) is 33.8 Å². The van der Waals surface area contributed by atoms with Crippen molar-refractivity contribution in [3.63, 3.8) is 0 Å². The molecule has 646 valence electrons. The number of amides is 4. The number of hydrogen-bond acceptors (Lipinski definition) is 19. The van der Waals surface area contributed by atoms with Crippen molar-refractivity contribution in [2.75, 3.05) is 153 Å². The molecule has 6 saturated heterocycles. The number of carbonyl (C=O) groups excluding carboxylic acids is 4. The highest BCUT2D eigenvalue weighted by atomic mass is 35.5. The number of aromatic nitrogens is 1. The van der Waals surface area contributed by atoms with Gasteiger partial charge in [-0.25, -0.2) is 32.1 Å². The number of para-hydroxylation sites is 5. The minimum Gasteiger partial charge on any atom is -0.382 e. The summed E-state index contributed by atoms with van der Waals surface area (Å²) in [5, 5.41) is 46.6. The number of primary sulfonamides is 2. The highest BCUT2D eigenvalue weighted by molar-refractivity contribution is 7.89. The zero-order valence-corrected chi connectivity index (χ0v) is 74.2. The predicted molar refractivity (Wildman–Crippen MR) is 490 cm³/mol. The Kier molecular flexibility index (Phi) is 29.2. The SMILES string of the molecule is CNC(=O)c1cccnc1N1CCN(C(=O)c2cc(CC3CCN(c4ccccc4C#N)CC3)c(C)cc2C)C[C@H]1C.Cc1ccc(C(=O)N2CCN(c3ccccc3S(N)(=O)=O)CC2)c(C)c1NC1CCN(c2ccccc2C#N)CC1.N#Cc1ccccc1N1CCC(Cc2cc(C(=O)N3CCN(c4ccccc4S(N)(=O)=O)CC3)c(Cl)cc2Cl)CC1. The lowest BCUT2D eigenvalue weighted by Crippen LogP contribution is -2.54. The van der Waals surface area contributed by atoms with Crippen LogP contribution in [0.1, 0.15) is 137 Å². The van der Waals surface area contributed by atoms with Crippen molar-refractivity contribution in [1.29, 1.82) is 15.8 Å². The lowest BCUT2D eigenvalue weighted by atomic mass is 9.86. The summed E-state index contributed by atoms with van der Waals surface area (Å²) in [5.74, 6) is 1.30. The summed E-state index contributed by atoms with van der Waals surface area (Å²) in [7, 11) is -6.10. The molecule has 25 nitrogen and oxygen atoms in total. The van der Waals surface area contributed by atoms with Gasteiger partial charge in [-0.05, 0) is 228 Å². The molecule has 8 aromatic carbocycles. The largest absolute Gasteiger partial charge is 0.382 e. The first-order valence-electron chi connectivity index (χ1n) is 42.3. The maximum atomic E-state index is 13.8. The molecule has 0 spiro atoms. The number of sulfonamides is 2. The van der Waals surface area contributed by atoms with Gasteiger partial charge in [0.25, 0.3) is 23.6 Å². The van der Waals surface area contributed by atoms with Gasteiger partial charge in [0.05, 0.1) is 61.3 Å². The topological polar surface area (TPSA) is 326 Å². The summed E-state index contributed by atoms with van der Waals surface area (Å²) in [6.07, 6.45) is 9.26. The second-order valence-electron chi connectivity index (χ2n) is 32.8. The molecule has 6 aliphatic rings. The molecule has 15 rings (SSSR count). The third-order valence-corrected chi connectivity index (χ3v) is 27.6. The van der Waals surface area contributed by atoms with Gasteiger partial charge in [0.2, 0.25) is 20.0 Å². The number of nitrogens with zero attached hydrogens (tertiary/aromatic N) is 13. The number of pyridine rings is 1. The zero-order valence-electron chi connectivity index (χ0n) is 71.0. The number of rotatable bonds is 18. The molecule has 6 N–H and O–H groups in total. The number of nitrogens with one attached hydrogen (secondary N) is 2. The lowest BCUT2D eigenvalue weighted by molar-refractivity contribution is 0.0721. The second kappa shape index (κ2) is 40.3. The van der Waals surface area contributed by atoms with E-state index in [2.05, 4.69) is 86.3 Å². The lowest BCUT2D eigenvalue weighted by Gasteiger charge is -2.41. The smallest absolute Gasteiger partial charge is 0.255 e. The Morgan fingerprint density at radius 1 is 0.444 bits per heavy atom. The number of benzene rings is 8. The van der Waals surface area contributed by atoms with Crippen LogP contribution in [0.2, 0.25) is 10.0 Å². The molecule has 6 fully saturated rings. The van der Waals surface area contributed by atoms with E-state index in [1.165, 1.54) is 23.3 Å². The molecular formula is C95H107Cl2N17O8S2. The number of nitriles is 3. The number of anilines is 7. The molecule has 0 radical (unpaired) electrons. The van der Waals surface area contributed by atoms with Crippen molar-refractivity contribution < 1.29 is 36.0 Å². The van der Waals surface area contributed by atoms with E-state index < -0.39 is 20.0 Å². The molecule has 1 aromatic heterocycles. The Morgan fingerprint density at radius 2 is 0.863 bits per heavy atom. The molecule has 6 aliphatic heterocycles. The van der Waals surface area contributed by atoms with Crippen LogP contribution >= 0.6 is 23.2 Å². The minimum atomic E-state index is -3.87. The Bertz CT molecular complexity index is 5690. The van der Waals surface area contributed by atoms with E-state index >= 15 is 0 Å². The number of piperidine rings is 3. The van der Waals surface area contributed by atoms with Crippen LogP contribution in [0.25, 0.3) is 0 Å². The molecule has 0 saturated carbocycles. The molecule has 0 unspecified atom stereocenters. The monoisotopic (exact) mass is 1750 g/mol. The Morgan fingerprint density at radius 3 is 1.33 bits per heavy atom. The van der Waals surface area contributed by atoms with E-state index in [1.54, 1.807) is 72.7 Å². The highest BCUT2D eigenvalue weighted by Gasteiger charge is 2.35. The normalized spacial score (nSPS) is 16.8. The Hall–Kier alpha value is -11.7. The van der Waals surface area contributed by atoms with E-state index in [0.29, 0.717) is 139 Å². The van der Waals surface area contributed by atoms with Crippen LogP contribution in [0.3, 0.4) is 0 Å². The van der Waals surface area contributed by atoms with Crippen molar-refractivity contribution in [1.82, 2.24) is 25.0 Å². The molecule has 7 heterocycles. The molecular weight excluding hydrogens is 1640 g/mol. The van der Waals surface area contributed by atoms with Crippen LogP contribution in [0.15, 0.2) is 186 Å². The first-order chi connectivity index (χ1) is 59.6. The molecule has 124 heavy (non-hydrogen) atoms. The average molecular weight is 1750 g/mol. The Labute approximate surface area is 738 Å². The molecule has 4 amide bonds. The first-order valence-corrected chi connectivity index (χ1v) is 46.2. The molecule has 0 bridgehead atoms. The van der Waals surface area contributed by atoms with Crippen molar-refractivity contribution >= 4 is 107 Å². The summed E-state index contributed by atoms with van der Waals surface area (Å²) in [6, 6.07) is 59.0. The molecule has 9 aromatic rings. The van der Waals surface area contributed by atoms with E-state index in [1.807, 2.05) is 124 Å². The highest BCUT2D eigenvalue weighted by Crippen LogP contribution is 2.38. The number of piperazine rings is 3. The third-order valence-electron chi connectivity index (χ3n) is 25.0. The summed E-state index contributed by atoms with van der Waals surface area (Å²) < 4.78 is 48.2. The number of carbonyl (C=O) groups is 4. The fraction of sp³-hybridized carbons (Fsp3) is 0.368. The number of aryl methyl sites for hydroxylation is 3. The van der Waals surface area contributed by atoms with Gasteiger partial charge >= 0.3 is 0 Å². The quantitative estimate of drug-likeness (QED) is 0.0620. The van der Waals surface area contributed by atoms with Gasteiger partial charge < -0.3 is 54.7 Å². The van der Waals surface area contributed by atoms with Crippen molar-refractivity contribution in [3.05, 3.63) is 258 Å². The van der Waals surface area contributed by atoms with Crippen molar-refractivity contribution in [2.24, 2.45) is 22.1 Å². The molecule has 1 atom stereocenters. The van der Waals surface area contributed by atoms with Gasteiger partial charge in [0.15, 0.2) is 0 Å². The van der Waals surface area contributed by atoms with Crippen LogP contribution in [-0.4, -0.2) is 191 Å². The fourth-order valence-corrected chi connectivity index (χ4v) is 20.1. The summed E-state index contributed by atoms with van der Waals surface area (Å²) in [4.78, 5) is 76.5.